The highest BCUT2D eigenvalue weighted by atomic mass is 19.2. The van der Waals surface area contributed by atoms with E-state index in [2.05, 4.69) is 10.1 Å². The van der Waals surface area contributed by atoms with Crippen LogP contribution in [0.2, 0.25) is 0 Å². The standard InChI is InChI=1S/C14H14F2N2O2/c15-11-2-1-9(7-12(11)16)14-10-8-18(5-6-19)4-3-13(10)20-17-14/h1-2,7,19H,3-6,8H2. The zero-order chi connectivity index (χ0) is 14.1. The first kappa shape index (κ1) is 13.2. The summed E-state index contributed by atoms with van der Waals surface area (Å²) in [5, 5.41) is 13.0. The van der Waals surface area contributed by atoms with Gasteiger partial charge in [0.05, 0.1) is 6.61 Å². The summed E-state index contributed by atoms with van der Waals surface area (Å²) in [6.07, 6.45) is 0.700. The number of aromatic nitrogens is 1. The zero-order valence-corrected chi connectivity index (χ0v) is 10.8. The van der Waals surface area contributed by atoms with Gasteiger partial charge in [-0.25, -0.2) is 8.78 Å². The number of aliphatic hydroxyl groups excluding tert-OH is 1. The largest absolute Gasteiger partial charge is 0.395 e. The molecule has 20 heavy (non-hydrogen) atoms. The normalized spacial score (nSPS) is 15.3. The number of halogens is 2. The highest BCUT2D eigenvalue weighted by Crippen LogP contribution is 2.30. The molecule has 0 radical (unpaired) electrons. The molecule has 1 aliphatic rings. The third-order valence-corrected chi connectivity index (χ3v) is 3.52. The summed E-state index contributed by atoms with van der Waals surface area (Å²) in [6.45, 7) is 2.04. The SMILES string of the molecule is OCCN1CCc2onc(-c3ccc(F)c(F)c3)c2C1. The number of nitrogens with zero attached hydrogens (tertiary/aromatic N) is 2. The van der Waals surface area contributed by atoms with E-state index in [4.69, 9.17) is 9.63 Å². The Bertz CT molecular complexity index is 628. The topological polar surface area (TPSA) is 49.5 Å². The number of benzene rings is 1. The van der Waals surface area contributed by atoms with Crippen LogP contribution in [0.3, 0.4) is 0 Å². The zero-order valence-electron chi connectivity index (χ0n) is 10.8. The lowest BCUT2D eigenvalue weighted by Crippen LogP contribution is -2.32. The van der Waals surface area contributed by atoms with Crippen molar-refractivity contribution < 1.29 is 18.4 Å². The molecule has 0 saturated heterocycles. The second-order valence-corrected chi connectivity index (χ2v) is 4.81. The number of rotatable bonds is 3. The summed E-state index contributed by atoms with van der Waals surface area (Å²) in [6, 6.07) is 3.69. The average Bonchev–Trinajstić information content (AvgIpc) is 2.85. The van der Waals surface area contributed by atoms with E-state index in [-0.39, 0.29) is 6.61 Å². The molecule has 0 amide bonds. The van der Waals surface area contributed by atoms with Crippen LogP contribution in [0.4, 0.5) is 8.78 Å². The highest BCUT2D eigenvalue weighted by molar-refractivity contribution is 5.63. The van der Waals surface area contributed by atoms with Gasteiger partial charge in [-0.05, 0) is 18.2 Å². The maximum Gasteiger partial charge on any atom is 0.159 e. The molecule has 1 aromatic heterocycles. The van der Waals surface area contributed by atoms with Gasteiger partial charge in [0.15, 0.2) is 11.6 Å². The molecule has 106 valence electrons. The summed E-state index contributed by atoms with van der Waals surface area (Å²) in [5.41, 5.74) is 1.93. The summed E-state index contributed by atoms with van der Waals surface area (Å²) in [5.74, 6) is -1.01. The van der Waals surface area contributed by atoms with E-state index in [0.717, 1.165) is 30.0 Å². The fourth-order valence-corrected chi connectivity index (χ4v) is 2.47. The molecule has 6 heteroatoms. The van der Waals surface area contributed by atoms with Crippen molar-refractivity contribution in [2.75, 3.05) is 19.7 Å². The number of aliphatic hydroxyl groups is 1. The number of fused-ring (bicyclic) bond motifs is 1. The van der Waals surface area contributed by atoms with Gasteiger partial charge in [0.2, 0.25) is 0 Å². The Labute approximate surface area is 114 Å². The summed E-state index contributed by atoms with van der Waals surface area (Å²) in [4.78, 5) is 2.07. The average molecular weight is 280 g/mol. The maximum absolute atomic E-state index is 13.3. The second-order valence-electron chi connectivity index (χ2n) is 4.81. The molecule has 1 aliphatic heterocycles. The molecule has 0 fully saturated rings. The van der Waals surface area contributed by atoms with Gasteiger partial charge in [0.25, 0.3) is 0 Å². The number of hydrogen-bond acceptors (Lipinski definition) is 4. The van der Waals surface area contributed by atoms with Crippen molar-refractivity contribution in [2.24, 2.45) is 0 Å². The lowest BCUT2D eigenvalue weighted by molar-refractivity contribution is 0.178. The van der Waals surface area contributed by atoms with Crippen molar-refractivity contribution in [3.8, 4) is 11.3 Å². The Morgan fingerprint density at radius 1 is 1.30 bits per heavy atom. The van der Waals surface area contributed by atoms with Crippen LogP contribution >= 0.6 is 0 Å². The van der Waals surface area contributed by atoms with Crippen LogP contribution in [-0.4, -0.2) is 34.9 Å². The van der Waals surface area contributed by atoms with Crippen molar-refractivity contribution in [1.29, 1.82) is 0 Å². The minimum Gasteiger partial charge on any atom is -0.395 e. The molecule has 0 saturated carbocycles. The molecule has 3 rings (SSSR count). The third-order valence-electron chi connectivity index (χ3n) is 3.52. The van der Waals surface area contributed by atoms with Gasteiger partial charge in [0.1, 0.15) is 11.5 Å². The van der Waals surface area contributed by atoms with Crippen molar-refractivity contribution in [3.63, 3.8) is 0 Å². The minimum atomic E-state index is -0.901. The van der Waals surface area contributed by atoms with Crippen molar-refractivity contribution >= 4 is 0 Å². The van der Waals surface area contributed by atoms with Crippen molar-refractivity contribution in [3.05, 3.63) is 41.2 Å². The van der Waals surface area contributed by atoms with Crippen LogP contribution in [0.15, 0.2) is 22.7 Å². The molecule has 0 aliphatic carbocycles. The number of hydrogen-bond donors (Lipinski definition) is 1. The fourth-order valence-electron chi connectivity index (χ4n) is 2.47. The Morgan fingerprint density at radius 3 is 2.90 bits per heavy atom. The van der Waals surface area contributed by atoms with Gasteiger partial charge < -0.3 is 9.63 Å². The Balaban J connectivity index is 1.95. The summed E-state index contributed by atoms with van der Waals surface area (Å²) >= 11 is 0. The van der Waals surface area contributed by atoms with E-state index in [0.29, 0.717) is 30.8 Å². The van der Waals surface area contributed by atoms with Crippen LogP contribution in [0.5, 0.6) is 0 Å². The van der Waals surface area contributed by atoms with E-state index in [1.165, 1.54) is 6.07 Å². The Hall–Kier alpha value is -1.79. The Morgan fingerprint density at radius 2 is 2.15 bits per heavy atom. The third kappa shape index (κ3) is 2.32. The molecule has 0 bridgehead atoms. The smallest absolute Gasteiger partial charge is 0.159 e. The molecule has 0 unspecified atom stereocenters. The first-order valence-corrected chi connectivity index (χ1v) is 6.45. The van der Waals surface area contributed by atoms with E-state index >= 15 is 0 Å². The van der Waals surface area contributed by atoms with Gasteiger partial charge in [-0.3, -0.25) is 4.90 Å². The van der Waals surface area contributed by atoms with E-state index in [1.807, 2.05) is 0 Å². The van der Waals surface area contributed by atoms with Gasteiger partial charge in [-0.15, -0.1) is 0 Å². The van der Waals surface area contributed by atoms with Gasteiger partial charge >= 0.3 is 0 Å². The van der Waals surface area contributed by atoms with Gasteiger partial charge in [-0.2, -0.15) is 0 Å². The lowest BCUT2D eigenvalue weighted by Gasteiger charge is -2.25. The van der Waals surface area contributed by atoms with Gasteiger partial charge in [-0.1, -0.05) is 5.16 Å². The maximum atomic E-state index is 13.3. The van der Waals surface area contributed by atoms with Crippen LogP contribution in [0.25, 0.3) is 11.3 Å². The molecule has 2 aromatic rings. The lowest BCUT2D eigenvalue weighted by atomic mass is 10.0. The first-order valence-electron chi connectivity index (χ1n) is 6.45. The summed E-state index contributed by atoms with van der Waals surface area (Å²) < 4.78 is 31.6. The highest BCUT2D eigenvalue weighted by Gasteiger charge is 2.24. The molecule has 1 aromatic carbocycles. The predicted octanol–water partition coefficient (Wildman–Crippen LogP) is 1.97. The summed E-state index contributed by atoms with van der Waals surface area (Å²) in [7, 11) is 0. The molecule has 4 nitrogen and oxygen atoms in total. The van der Waals surface area contributed by atoms with Crippen LogP contribution in [0.1, 0.15) is 11.3 Å². The Kier molecular flexibility index (Phi) is 3.50. The van der Waals surface area contributed by atoms with Crippen molar-refractivity contribution in [2.45, 2.75) is 13.0 Å². The molecule has 0 atom stereocenters. The fraction of sp³-hybridized carbons (Fsp3) is 0.357. The molecule has 2 heterocycles. The van der Waals surface area contributed by atoms with Crippen molar-refractivity contribution in [1.82, 2.24) is 10.1 Å². The number of β-amino-alcohol motifs (C(OH)–C–C–N with tert-alkyl or cyclic N) is 1. The van der Waals surface area contributed by atoms with Crippen LogP contribution in [-0.2, 0) is 13.0 Å². The van der Waals surface area contributed by atoms with E-state index < -0.39 is 11.6 Å². The van der Waals surface area contributed by atoms with E-state index in [9.17, 15) is 8.78 Å². The predicted molar refractivity (Wildman–Crippen MR) is 67.9 cm³/mol. The van der Waals surface area contributed by atoms with Crippen LogP contribution < -0.4 is 0 Å². The minimum absolute atomic E-state index is 0.0844. The monoisotopic (exact) mass is 280 g/mol. The molecule has 0 spiro atoms. The molecule has 1 N–H and O–H groups in total. The molecular weight excluding hydrogens is 266 g/mol. The first-order chi connectivity index (χ1) is 9.69. The second kappa shape index (κ2) is 5.30. The van der Waals surface area contributed by atoms with Gasteiger partial charge in [0, 0.05) is 37.2 Å². The quantitative estimate of drug-likeness (QED) is 0.934. The molecular formula is C14H14F2N2O2. The van der Waals surface area contributed by atoms with Crippen LogP contribution in [0, 0.1) is 11.6 Å². The van der Waals surface area contributed by atoms with E-state index in [1.54, 1.807) is 0 Å².